The van der Waals surface area contributed by atoms with E-state index in [1.165, 1.54) is 10.4 Å². The number of anilines is 1. The zero-order valence-electron chi connectivity index (χ0n) is 12.6. The minimum atomic E-state index is -3.57. The van der Waals surface area contributed by atoms with Gasteiger partial charge in [0.25, 0.3) is 0 Å². The fourth-order valence-electron chi connectivity index (χ4n) is 2.21. The highest BCUT2D eigenvalue weighted by atomic mass is 32.2. The molecular formula is C15H21N3O2S. The van der Waals surface area contributed by atoms with Crippen LogP contribution < -0.4 is 5.73 Å². The molecule has 0 aliphatic rings. The average Bonchev–Trinajstić information content (AvgIpc) is 2.47. The minimum Gasteiger partial charge on any atom is -0.398 e. The fourth-order valence-corrected chi connectivity index (χ4v) is 3.64. The summed E-state index contributed by atoms with van der Waals surface area (Å²) in [5, 5.41) is 0.663. The van der Waals surface area contributed by atoms with Crippen LogP contribution in [0.1, 0.15) is 20.3 Å². The fraction of sp³-hybridized carbons (Fsp3) is 0.400. The minimum absolute atomic E-state index is 0.207. The van der Waals surface area contributed by atoms with E-state index in [0.29, 0.717) is 29.1 Å². The molecule has 0 amide bonds. The van der Waals surface area contributed by atoms with Gasteiger partial charge in [-0.1, -0.05) is 20.3 Å². The van der Waals surface area contributed by atoms with Gasteiger partial charge in [0.05, 0.1) is 5.52 Å². The second-order valence-corrected chi connectivity index (χ2v) is 7.36. The van der Waals surface area contributed by atoms with E-state index in [4.69, 9.17) is 5.73 Å². The Bertz CT molecular complexity index is 744. The van der Waals surface area contributed by atoms with Gasteiger partial charge >= 0.3 is 0 Å². The van der Waals surface area contributed by atoms with Crippen LogP contribution in [0.5, 0.6) is 0 Å². The van der Waals surface area contributed by atoms with Crippen LogP contribution in [0.4, 0.5) is 5.69 Å². The van der Waals surface area contributed by atoms with E-state index in [0.717, 1.165) is 6.42 Å². The molecule has 0 aliphatic carbocycles. The number of fused-ring (bicyclic) bond motifs is 1. The third kappa shape index (κ3) is 3.01. The number of nitrogens with two attached hydrogens (primary N) is 1. The molecule has 0 saturated heterocycles. The lowest BCUT2D eigenvalue weighted by Gasteiger charge is -2.21. The molecule has 2 rings (SSSR count). The van der Waals surface area contributed by atoms with Crippen LogP contribution in [0, 0.1) is 5.92 Å². The molecule has 5 nitrogen and oxygen atoms in total. The molecule has 1 aromatic heterocycles. The summed E-state index contributed by atoms with van der Waals surface area (Å²) >= 11 is 0. The summed E-state index contributed by atoms with van der Waals surface area (Å²) in [4.78, 5) is 4.41. The molecule has 114 valence electrons. The van der Waals surface area contributed by atoms with Crippen LogP contribution in [0.3, 0.4) is 0 Å². The number of aromatic nitrogens is 1. The molecule has 1 aromatic carbocycles. The molecule has 0 fully saturated rings. The van der Waals surface area contributed by atoms with Crippen molar-refractivity contribution >= 4 is 26.6 Å². The summed E-state index contributed by atoms with van der Waals surface area (Å²) in [5.41, 5.74) is 6.85. The molecule has 1 heterocycles. The second kappa shape index (κ2) is 5.99. The number of pyridine rings is 1. The summed E-state index contributed by atoms with van der Waals surface area (Å²) < 4.78 is 26.9. The maximum atomic E-state index is 12.8. The van der Waals surface area contributed by atoms with E-state index >= 15 is 0 Å². The van der Waals surface area contributed by atoms with Gasteiger partial charge < -0.3 is 5.73 Å². The average molecular weight is 307 g/mol. The van der Waals surface area contributed by atoms with Crippen molar-refractivity contribution in [2.24, 2.45) is 5.92 Å². The molecule has 0 spiro atoms. The maximum absolute atomic E-state index is 12.8. The van der Waals surface area contributed by atoms with Gasteiger partial charge in [-0.15, -0.1) is 0 Å². The van der Waals surface area contributed by atoms with Gasteiger partial charge in [0.15, 0.2) is 0 Å². The van der Waals surface area contributed by atoms with Crippen molar-refractivity contribution < 1.29 is 8.42 Å². The molecule has 0 saturated carbocycles. The van der Waals surface area contributed by atoms with Crippen LogP contribution in [0.25, 0.3) is 10.9 Å². The predicted molar refractivity (Wildman–Crippen MR) is 85.4 cm³/mol. The van der Waals surface area contributed by atoms with Gasteiger partial charge in [-0.3, -0.25) is 4.98 Å². The normalized spacial score (nSPS) is 13.7. The monoisotopic (exact) mass is 307 g/mol. The molecule has 0 bridgehead atoms. The number of sulfonamides is 1. The first-order chi connectivity index (χ1) is 9.87. The van der Waals surface area contributed by atoms with Crippen molar-refractivity contribution in [1.29, 1.82) is 0 Å². The van der Waals surface area contributed by atoms with E-state index in [1.807, 2.05) is 13.8 Å². The van der Waals surface area contributed by atoms with E-state index in [-0.39, 0.29) is 4.90 Å². The van der Waals surface area contributed by atoms with Crippen LogP contribution in [0.15, 0.2) is 35.4 Å². The Morgan fingerprint density at radius 1 is 1.33 bits per heavy atom. The Balaban J connectivity index is 2.53. The van der Waals surface area contributed by atoms with Crippen molar-refractivity contribution in [3.8, 4) is 0 Å². The highest BCUT2D eigenvalue weighted by Gasteiger charge is 2.25. The first-order valence-corrected chi connectivity index (χ1v) is 8.41. The second-order valence-electron chi connectivity index (χ2n) is 5.35. The van der Waals surface area contributed by atoms with Gasteiger partial charge in [-0.05, 0) is 30.2 Å². The lowest BCUT2D eigenvalue weighted by Crippen LogP contribution is -2.31. The highest BCUT2D eigenvalue weighted by molar-refractivity contribution is 7.89. The summed E-state index contributed by atoms with van der Waals surface area (Å²) in [5.74, 6) is 0.304. The lowest BCUT2D eigenvalue weighted by molar-refractivity contribution is 0.394. The van der Waals surface area contributed by atoms with Crippen LogP contribution >= 0.6 is 0 Å². The van der Waals surface area contributed by atoms with Crippen LogP contribution in [-0.2, 0) is 10.0 Å². The van der Waals surface area contributed by atoms with Crippen molar-refractivity contribution in [3.05, 3.63) is 30.5 Å². The molecule has 0 radical (unpaired) electrons. The summed E-state index contributed by atoms with van der Waals surface area (Å²) in [7, 11) is -1.97. The predicted octanol–water partition coefficient (Wildman–Crippen LogP) is 2.48. The van der Waals surface area contributed by atoms with E-state index in [9.17, 15) is 8.42 Å². The molecule has 6 heteroatoms. The number of nitrogen functional groups attached to an aromatic ring is 1. The van der Waals surface area contributed by atoms with Gasteiger partial charge in [0.2, 0.25) is 10.0 Å². The molecular weight excluding hydrogens is 286 g/mol. The molecule has 2 N–H and O–H groups in total. The molecule has 1 unspecified atom stereocenters. The molecule has 1 atom stereocenters. The topological polar surface area (TPSA) is 76.3 Å². The third-order valence-electron chi connectivity index (χ3n) is 3.72. The Labute approximate surface area is 125 Å². The number of hydrogen-bond acceptors (Lipinski definition) is 4. The number of nitrogens with zero attached hydrogens (tertiary/aromatic N) is 2. The van der Waals surface area contributed by atoms with Gasteiger partial charge in [-0.2, -0.15) is 0 Å². The zero-order valence-corrected chi connectivity index (χ0v) is 13.4. The Kier molecular flexibility index (Phi) is 4.49. The number of hydrogen-bond donors (Lipinski definition) is 1. The maximum Gasteiger partial charge on any atom is 0.244 e. The molecule has 21 heavy (non-hydrogen) atoms. The Hall–Kier alpha value is -1.66. The van der Waals surface area contributed by atoms with Gasteiger partial charge in [0.1, 0.15) is 4.90 Å². The first-order valence-electron chi connectivity index (χ1n) is 6.97. The molecule has 0 aliphatic heterocycles. The largest absolute Gasteiger partial charge is 0.398 e. The quantitative estimate of drug-likeness (QED) is 0.861. The lowest BCUT2D eigenvalue weighted by atomic mass is 10.1. The summed E-state index contributed by atoms with van der Waals surface area (Å²) in [6.07, 6.45) is 2.51. The number of rotatable bonds is 5. The van der Waals surface area contributed by atoms with Gasteiger partial charge in [0, 0.05) is 30.9 Å². The van der Waals surface area contributed by atoms with Crippen molar-refractivity contribution in [1.82, 2.24) is 9.29 Å². The van der Waals surface area contributed by atoms with Crippen molar-refractivity contribution in [2.75, 3.05) is 19.3 Å². The number of benzene rings is 1. The van der Waals surface area contributed by atoms with Gasteiger partial charge in [-0.25, -0.2) is 12.7 Å². The van der Waals surface area contributed by atoms with E-state index in [1.54, 1.807) is 31.4 Å². The van der Waals surface area contributed by atoms with Crippen LogP contribution in [0.2, 0.25) is 0 Å². The Morgan fingerprint density at radius 2 is 2.05 bits per heavy atom. The van der Waals surface area contributed by atoms with Crippen LogP contribution in [-0.4, -0.2) is 31.3 Å². The summed E-state index contributed by atoms with van der Waals surface area (Å²) in [6.45, 7) is 4.56. The Morgan fingerprint density at radius 3 is 2.71 bits per heavy atom. The van der Waals surface area contributed by atoms with E-state index in [2.05, 4.69) is 4.98 Å². The third-order valence-corrected chi connectivity index (χ3v) is 5.58. The molecule has 2 aromatic rings. The summed E-state index contributed by atoms with van der Waals surface area (Å²) in [6, 6.07) is 6.68. The standard InChI is InChI=1S/C15H21N3O2S/c1-4-11(2)10-18(3)21(19,20)14-8-7-13(16)12-6-5-9-17-15(12)14/h5-9,11H,4,10,16H2,1-3H3. The smallest absolute Gasteiger partial charge is 0.244 e. The highest BCUT2D eigenvalue weighted by Crippen LogP contribution is 2.28. The van der Waals surface area contributed by atoms with Crippen molar-refractivity contribution in [2.45, 2.75) is 25.2 Å². The van der Waals surface area contributed by atoms with Crippen molar-refractivity contribution in [3.63, 3.8) is 0 Å². The van der Waals surface area contributed by atoms with E-state index < -0.39 is 10.0 Å². The zero-order chi connectivity index (χ0) is 15.6. The first kappa shape index (κ1) is 15.7. The SMILES string of the molecule is CCC(C)CN(C)S(=O)(=O)c1ccc(N)c2cccnc12.